The lowest BCUT2D eigenvalue weighted by Gasteiger charge is -2.27. The molecule has 0 heterocycles. The van der Waals surface area contributed by atoms with Crippen LogP contribution in [0.4, 0.5) is 0 Å². The summed E-state index contributed by atoms with van der Waals surface area (Å²) in [5.41, 5.74) is 7.47. The monoisotopic (exact) mass is 1010 g/mol. The molecule has 0 fully saturated rings. The highest BCUT2D eigenvalue weighted by atomic mass is 31.2. The van der Waals surface area contributed by atoms with Crippen LogP contribution < -0.4 is 43.0 Å². The maximum atomic E-state index is 14.5. The maximum absolute atomic E-state index is 14.5. The highest BCUT2D eigenvalue weighted by molar-refractivity contribution is 7.58. The predicted molar refractivity (Wildman–Crippen MR) is 263 cm³/mol. The number of aromatic hydroxyl groups is 2. The van der Waals surface area contributed by atoms with Crippen LogP contribution in [0.5, 0.6) is 11.5 Å². The summed E-state index contributed by atoms with van der Waals surface area (Å²) in [6.45, 7) is 9.34. The number of nitrogens with one attached hydrogen (secondary N) is 7. The lowest BCUT2D eigenvalue weighted by Crippen LogP contribution is -2.58. The molecule has 22 heteroatoms. The van der Waals surface area contributed by atoms with E-state index in [2.05, 4.69) is 37.2 Å². The summed E-state index contributed by atoms with van der Waals surface area (Å²) >= 11 is 0. The fourth-order valence-corrected chi connectivity index (χ4v) is 8.87. The van der Waals surface area contributed by atoms with Gasteiger partial charge in [0.1, 0.15) is 48.3 Å². The summed E-state index contributed by atoms with van der Waals surface area (Å²) in [7, 11) is -4.36. The van der Waals surface area contributed by atoms with Gasteiger partial charge in [0.25, 0.3) is 0 Å². The number of carbonyl (C=O) groups excluding carboxylic acids is 7. The van der Waals surface area contributed by atoms with Gasteiger partial charge in [-0.3, -0.25) is 42.9 Å². The molecule has 7 amide bonds. The molecule has 0 aliphatic carbocycles. The molecule has 0 radical (unpaired) electrons. The summed E-state index contributed by atoms with van der Waals surface area (Å²) in [5.74, 6) is -8.13. The molecule has 3 aromatic carbocycles. The van der Waals surface area contributed by atoms with Crippen LogP contribution in [0.2, 0.25) is 0 Å². The van der Waals surface area contributed by atoms with Gasteiger partial charge in [0.15, 0.2) is 0 Å². The molecule has 0 spiro atoms. The fourth-order valence-electron chi connectivity index (χ4n) is 7.34. The number of carboxylic acids is 1. The molecular formula is C49H69N8O13P. The first-order valence-electron chi connectivity index (χ1n) is 23.3. The third-order valence-electron chi connectivity index (χ3n) is 11.0. The molecule has 0 saturated carbocycles. The molecular weight excluding hydrogens is 940 g/mol. The van der Waals surface area contributed by atoms with E-state index in [1.54, 1.807) is 44.2 Å². The SMILES string of the molecule is CC(C)C[C@H](CP(=O)(O)CNC(=O)[C@H](C)NC(=O)[C@H](C)NC(=O)[C@@H](N)CC(C)C)C(=O)N[C@@H](Cc1ccc(O)cc1)C(=O)N[C@@H](Cc1ccccc1)C(=O)N[C@@H](Cc1ccc(O)cc1)C(=O)NCC(=O)O. The smallest absolute Gasteiger partial charge is 0.322 e. The fraction of sp³-hybridized carbons (Fsp3) is 0.469. The van der Waals surface area contributed by atoms with E-state index >= 15 is 0 Å². The third-order valence-corrected chi connectivity index (χ3v) is 12.7. The van der Waals surface area contributed by atoms with Crippen molar-refractivity contribution < 1.29 is 63.1 Å². The Labute approximate surface area is 413 Å². The molecule has 3 aromatic rings. The van der Waals surface area contributed by atoms with Crippen molar-refractivity contribution in [2.75, 3.05) is 19.0 Å². The van der Waals surface area contributed by atoms with E-state index in [9.17, 15) is 63.1 Å². The second-order valence-electron chi connectivity index (χ2n) is 18.5. The standard InChI is InChI=1S/C49H69N8O13P/c1-28(2)20-35(26-71(69,70)27-52-43(62)30(5)53-44(63)31(6)54-46(65)38(50)21-29(3)4)45(64)55-40(24-34-14-18-37(59)19-15-34)48(67)57-41(22-32-10-8-7-9-11-32)49(68)56-39(47(66)51-25-42(60)61)23-33-12-16-36(58)17-13-33/h7-19,28-31,35,38-41,58-59H,20-27,50H2,1-6H3,(H,51,66)(H,52,62)(H,53,63)(H,54,65)(H,55,64)(H,56,68)(H,57,67)(H,60,61)(H,69,70)/t30-,31-,35+,38-,39-,40-,41-/m0/s1. The summed E-state index contributed by atoms with van der Waals surface area (Å²) in [4.78, 5) is 117. The Balaban J connectivity index is 1.85. The van der Waals surface area contributed by atoms with E-state index in [0.717, 1.165) is 0 Å². The molecule has 21 nitrogen and oxygen atoms in total. The average molecular weight is 1010 g/mol. The maximum Gasteiger partial charge on any atom is 0.322 e. The minimum Gasteiger partial charge on any atom is -0.508 e. The Morgan fingerprint density at radius 2 is 0.944 bits per heavy atom. The van der Waals surface area contributed by atoms with E-state index in [0.29, 0.717) is 23.1 Å². The molecule has 1 unspecified atom stereocenters. The van der Waals surface area contributed by atoms with Gasteiger partial charge in [-0.15, -0.1) is 0 Å². The molecule has 0 saturated heterocycles. The largest absolute Gasteiger partial charge is 0.508 e. The van der Waals surface area contributed by atoms with Crippen molar-refractivity contribution in [1.82, 2.24) is 37.2 Å². The molecule has 0 aliphatic rings. The first kappa shape index (κ1) is 58.5. The van der Waals surface area contributed by atoms with E-state index in [4.69, 9.17) is 5.73 Å². The summed E-state index contributed by atoms with van der Waals surface area (Å²) in [5, 5.41) is 46.6. The van der Waals surface area contributed by atoms with Crippen molar-refractivity contribution in [2.24, 2.45) is 23.5 Å². The Bertz CT molecular complexity index is 2330. The van der Waals surface area contributed by atoms with Crippen molar-refractivity contribution in [3.8, 4) is 11.5 Å². The number of phenolic OH excluding ortho intramolecular Hbond substituents is 2. The van der Waals surface area contributed by atoms with Crippen LogP contribution in [-0.4, -0.2) is 123 Å². The molecule has 3 rings (SSSR count). The van der Waals surface area contributed by atoms with Crippen LogP contribution in [-0.2, 0) is 62.2 Å². The van der Waals surface area contributed by atoms with E-state index in [1.165, 1.54) is 62.4 Å². The molecule has 0 bridgehead atoms. The van der Waals surface area contributed by atoms with Crippen LogP contribution in [0.25, 0.3) is 0 Å². The van der Waals surface area contributed by atoms with Gasteiger partial charge < -0.3 is 63.2 Å². The quantitative estimate of drug-likeness (QED) is 0.0455. The summed E-state index contributed by atoms with van der Waals surface area (Å²) in [6, 6.07) is 12.8. The number of hydrogen-bond donors (Lipinski definition) is 12. The predicted octanol–water partition coefficient (Wildman–Crippen LogP) is 1.17. The van der Waals surface area contributed by atoms with Crippen LogP contribution in [0.3, 0.4) is 0 Å². The zero-order valence-electron chi connectivity index (χ0n) is 40.8. The van der Waals surface area contributed by atoms with Crippen LogP contribution in [0.1, 0.15) is 71.1 Å². The minimum atomic E-state index is -4.36. The lowest BCUT2D eigenvalue weighted by atomic mass is 9.96. The van der Waals surface area contributed by atoms with Crippen LogP contribution in [0.15, 0.2) is 78.9 Å². The first-order chi connectivity index (χ1) is 33.3. The molecule has 388 valence electrons. The third kappa shape index (κ3) is 21.4. The topological polar surface area (TPSA) is 345 Å². The number of phenols is 2. The van der Waals surface area contributed by atoms with E-state index in [1.807, 2.05) is 13.8 Å². The first-order valence-corrected chi connectivity index (χ1v) is 25.3. The lowest BCUT2D eigenvalue weighted by molar-refractivity contribution is -0.138. The zero-order valence-corrected chi connectivity index (χ0v) is 41.7. The Morgan fingerprint density at radius 1 is 0.521 bits per heavy atom. The van der Waals surface area contributed by atoms with Crippen molar-refractivity contribution >= 4 is 54.7 Å². The number of hydrogen-bond acceptors (Lipinski definition) is 12. The van der Waals surface area contributed by atoms with Gasteiger partial charge in [-0.1, -0.05) is 82.3 Å². The number of aliphatic carboxylic acids is 1. The highest BCUT2D eigenvalue weighted by Crippen LogP contribution is 2.42. The highest BCUT2D eigenvalue weighted by Gasteiger charge is 2.35. The van der Waals surface area contributed by atoms with Crippen molar-refractivity contribution in [2.45, 2.75) is 110 Å². The van der Waals surface area contributed by atoms with Crippen LogP contribution in [0, 0.1) is 17.8 Å². The number of carbonyl (C=O) groups is 8. The van der Waals surface area contributed by atoms with Crippen LogP contribution >= 0.6 is 7.37 Å². The van der Waals surface area contributed by atoms with E-state index < -0.39 is 116 Å². The van der Waals surface area contributed by atoms with E-state index in [-0.39, 0.29) is 49.0 Å². The summed E-state index contributed by atoms with van der Waals surface area (Å²) in [6.07, 6.45) is -1.38. The van der Waals surface area contributed by atoms with Crippen molar-refractivity contribution in [3.63, 3.8) is 0 Å². The number of benzene rings is 3. The van der Waals surface area contributed by atoms with Crippen molar-refractivity contribution in [1.29, 1.82) is 0 Å². The molecule has 0 aromatic heterocycles. The van der Waals surface area contributed by atoms with Gasteiger partial charge in [-0.25, -0.2) is 0 Å². The van der Waals surface area contributed by atoms with Gasteiger partial charge in [-0.2, -0.15) is 0 Å². The Kier molecular flexibility index (Phi) is 23.2. The minimum absolute atomic E-state index is 0.0537. The number of rotatable bonds is 28. The second kappa shape index (κ2) is 28.1. The molecule has 0 aliphatic heterocycles. The summed E-state index contributed by atoms with van der Waals surface area (Å²) < 4.78 is 13.7. The Hall–Kier alpha value is -6.83. The van der Waals surface area contributed by atoms with Crippen molar-refractivity contribution in [3.05, 3.63) is 95.6 Å². The van der Waals surface area contributed by atoms with Gasteiger partial charge in [0.2, 0.25) is 48.7 Å². The Morgan fingerprint density at radius 3 is 1.41 bits per heavy atom. The van der Waals surface area contributed by atoms with Gasteiger partial charge in [-0.05, 0) is 79.5 Å². The number of carboxylic acid groups (broad SMARTS) is 1. The van der Waals surface area contributed by atoms with Gasteiger partial charge >= 0.3 is 5.97 Å². The number of amides is 7. The normalized spacial score (nSPS) is 15.0. The second-order valence-corrected chi connectivity index (χ2v) is 20.9. The molecule has 71 heavy (non-hydrogen) atoms. The van der Waals surface area contributed by atoms with Gasteiger partial charge in [0, 0.05) is 31.3 Å². The zero-order chi connectivity index (χ0) is 53.0. The average Bonchev–Trinajstić information content (AvgIpc) is 3.30. The van der Waals surface area contributed by atoms with Gasteiger partial charge in [0.05, 0.1) is 12.3 Å². The number of nitrogens with two attached hydrogens (primary N) is 1. The molecule has 8 atom stereocenters. The molecule has 13 N–H and O–H groups in total.